The average molecular weight is 304 g/mol. The average Bonchev–Trinajstić information content (AvgIpc) is 2.44. The Hall–Kier alpha value is -1.76. The number of hydrogen-bond acceptors (Lipinski definition) is 3. The minimum Gasteiger partial charge on any atom is -0.484 e. The van der Waals surface area contributed by atoms with Gasteiger partial charge in [0.15, 0.2) is 6.61 Å². The molecule has 3 N–H and O–H groups in total. The zero-order valence-electron chi connectivity index (χ0n) is 11.9. The molecular formula is C14H19F3N2O2. The molecule has 118 valence electrons. The number of carbonyl (C=O) groups excluding carboxylic acids is 1. The lowest BCUT2D eigenvalue weighted by Crippen LogP contribution is -2.40. The standard InChI is InChI=1S/C14H19F3N2O2/c1-3-9(2)12(18)13(20)19-10-4-6-11(7-5-10)21-8-14(15,16)17/h4-7,9,12H,3,8,18H2,1-2H3,(H,19,20)/t9?,12-/m0/s1. The van der Waals surface area contributed by atoms with Crippen LogP contribution in [-0.4, -0.2) is 24.7 Å². The van der Waals surface area contributed by atoms with Gasteiger partial charge in [-0.1, -0.05) is 20.3 Å². The van der Waals surface area contributed by atoms with Crippen LogP contribution in [0.3, 0.4) is 0 Å². The van der Waals surface area contributed by atoms with Gasteiger partial charge in [-0.3, -0.25) is 4.79 Å². The second-order valence-corrected chi connectivity index (χ2v) is 4.83. The first-order valence-electron chi connectivity index (χ1n) is 6.59. The van der Waals surface area contributed by atoms with Crippen LogP contribution in [0.1, 0.15) is 20.3 Å². The summed E-state index contributed by atoms with van der Waals surface area (Å²) in [6, 6.07) is 5.02. The quantitative estimate of drug-likeness (QED) is 0.849. The van der Waals surface area contributed by atoms with E-state index in [4.69, 9.17) is 5.73 Å². The highest BCUT2D eigenvalue weighted by molar-refractivity contribution is 5.94. The molecule has 0 aliphatic heterocycles. The highest BCUT2D eigenvalue weighted by Gasteiger charge is 2.28. The Morgan fingerprint density at radius 3 is 2.38 bits per heavy atom. The molecule has 0 fully saturated rings. The third kappa shape index (κ3) is 6.03. The van der Waals surface area contributed by atoms with Gasteiger partial charge < -0.3 is 15.8 Å². The molecule has 1 amide bonds. The Morgan fingerprint density at radius 1 is 1.33 bits per heavy atom. The van der Waals surface area contributed by atoms with Crippen molar-refractivity contribution in [2.45, 2.75) is 32.5 Å². The van der Waals surface area contributed by atoms with Gasteiger partial charge in [0.25, 0.3) is 0 Å². The number of hydrogen-bond donors (Lipinski definition) is 2. The molecule has 0 radical (unpaired) electrons. The number of amides is 1. The molecule has 1 rings (SSSR count). The second-order valence-electron chi connectivity index (χ2n) is 4.83. The molecule has 0 aliphatic carbocycles. The van der Waals surface area contributed by atoms with E-state index in [0.717, 1.165) is 6.42 Å². The van der Waals surface area contributed by atoms with E-state index in [1.165, 1.54) is 24.3 Å². The molecule has 0 aliphatic rings. The fourth-order valence-electron chi connectivity index (χ4n) is 1.54. The lowest BCUT2D eigenvalue weighted by Gasteiger charge is -2.17. The first-order chi connectivity index (χ1) is 9.73. The lowest BCUT2D eigenvalue weighted by molar-refractivity contribution is -0.153. The summed E-state index contributed by atoms with van der Waals surface area (Å²) >= 11 is 0. The Balaban J connectivity index is 2.56. The summed E-state index contributed by atoms with van der Waals surface area (Å²) in [6.45, 7) is 2.46. The number of benzene rings is 1. The summed E-state index contributed by atoms with van der Waals surface area (Å²) < 4.78 is 40.6. The van der Waals surface area contributed by atoms with Gasteiger partial charge >= 0.3 is 6.18 Å². The fraction of sp³-hybridized carbons (Fsp3) is 0.500. The van der Waals surface area contributed by atoms with Gasteiger partial charge in [-0.25, -0.2) is 0 Å². The molecule has 0 saturated heterocycles. The van der Waals surface area contributed by atoms with Crippen LogP contribution in [0.15, 0.2) is 24.3 Å². The first-order valence-corrected chi connectivity index (χ1v) is 6.59. The molecule has 1 aromatic rings. The molecular weight excluding hydrogens is 285 g/mol. The lowest BCUT2D eigenvalue weighted by atomic mass is 9.99. The molecule has 0 saturated carbocycles. The number of anilines is 1. The Labute approximate surface area is 121 Å². The molecule has 1 aromatic carbocycles. The van der Waals surface area contributed by atoms with Gasteiger partial charge in [0.1, 0.15) is 5.75 Å². The predicted molar refractivity (Wildman–Crippen MR) is 74.1 cm³/mol. The smallest absolute Gasteiger partial charge is 0.422 e. The summed E-state index contributed by atoms with van der Waals surface area (Å²) in [5, 5.41) is 2.61. The van der Waals surface area contributed by atoms with E-state index in [-0.39, 0.29) is 17.6 Å². The molecule has 2 atom stereocenters. The maximum Gasteiger partial charge on any atom is 0.422 e. The van der Waals surface area contributed by atoms with Gasteiger partial charge in [0.05, 0.1) is 6.04 Å². The number of halogens is 3. The summed E-state index contributed by atoms with van der Waals surface area (Å²) in [5.74, 6) is -0.204. The third-order valence-corrected chi connectivity index (χ3v) is 3.08. The van der Waals surface area contributed by atoms with Crippen LogP contribution >= 0.6 is 0 Å². The van der Waals surface area contributed by atoms with Crippen molar-refractivity contribution in [2.75, 3.05) is 11.9 Å². The number of rotatable bonds is 6. The van der Waals surface area contributed by atoms with Crippen LogP contribution in [0.5, 0.6) is 5.75 Å². The highest BCUT2D eigenvalue weighted by atomic mass is 19.4. The van der Waals surface area contributed by atoms with E-state index >= 15 is 0 Å². The van der Waals surface area contributed by atoms with Crippen molar-refractivity contribution in [1.29, 1.82) is 0 Å². The van der Waals surface area contributed by atoms with Crippen LogP contribution in [0.4, 0.5) is 18.9 Å². The number of ether oxygens (including phenoxy) is 1. The summed E-state index contributed by atoms with van der Waals surface area (Å²) in [4.78, 5) is 11.8. The van der Waals surface area contributed by atoms with Crippen molar-refractivity contribution < 1.29 is 22.7 Å². The van der Waals surface area contributed by atoms with E-state index in [2.05, 4.69) is 10.1 Å². The highest BCUT2D eigenvalue weighted by Crippen LogP contribution is 2.20. The number of carbonyl (C=O) groups is 1. The molecule has 0 aromatic heterocycles. The number of alkyl halides is 3. The minimum absolute atomic E-state index is 0.0411. The van der Waals surface area contributed by atoms with E-state index in [1.54, 1.807) is 0 Å². The Kier molecular flexibility index (Phi) is 6.02. The molecule has 7 heteroatoms. The summed E-state index contributed by atoms with van der Waals surface area (Å²) in [7, 11) is 0. The fourth-order valence-corrected chi connectivity index (χ4v) is 1.54. The molecule has 1 unspecified atom stereocenters. The van der Waals surface area contributed by atoms with Crippen LogP contribution in [0, 0.1) is 5.92 Å². The van der Waals surface area contributed by atoms with Gasteiger partial charge in [-0.2, -0.15) is 13.2 Å². The van der Waals surface area contributed by atoms with Crippen LogP contribution in [-0.2, 0) is 4.79 Å². The minimum atomic E-state index is -4.38. The van der Waals surface area contributed by atoms with Crippen molar-refractivity contribution in [1.82, 2.24) is 0 Å². The van der Waals surface area contributed by atoms with E-state index < -0.39 is 18.8 Å². The van der Waals surface area contributed by atoms with Crippen molar-refractivity contribution in [2.24, 2.45) is 11.7 Å². The molecule has 0 bridgehead atoms. The molecule has 0 spiro atoms. The van der Waals surface area contributed by atoms with Gasteiger partial charge in [0, 0.05) is 5.69 Å². The summed E-state index contributed by atoms with van der Waals surface area (Å²) in [6.07, 6.45) is -3.60. The largest absolute Gasteiger partial charge is 0.484 e. The molecule has 4 nitrogen and oxygen atoms in total. The Bertz CT molecular complexity index is 460. The van der Waals surface area contributed by atoms with Crippen LogP contribution < -0.4 is 15.8 Å². The van der Waals surface area contributed by atoms with Crippen molar-refractivity contribution in [3.8, 4) is 5.75 Å². The van der Waals surface area contributed by atoms with Crippen LogP contribution in [0.25, 0.3) is 0 Å². The van der Waals surface area contributed by atoms with Crippen molar-refractivity contribution >= 4 is 11.6 Å². The zero-order valence-corrected chi connectivity index (χ0v) is 11.9. The van der Waals surface area contributed by atoms with E-state index in [0.29, 0.717) is 5.69 Å². The first kappa shape index (κ1) is 17.3. The van der Waals surface area contributed by atoms with E-state index in [1.807, 2.05) is 13.8 Å². The Morgan fingerprint density at radius 2 is 1.90 bits per heavy atom. The SMILES string of the molecule is CCC(C)[C@H](N)C(=O)Nc1ccc(OCC(F)(F)F)cc1. The van der Waals surface area contributed by atoms with Gasteiger partial charge in [-0.15, -0.1) is 0 Å². The van der Waals surface area contributed by atoms with Crippen LogP contribution in [0.2, 0.25) is 0 Å². The monoisotopic (exact) mass is 304 g/mol. The maximum absolute atomic E-state index is 12.0. The third-order valence-electron chi connectivity index (χ3n) is 3.08. The van der Waals surface area contributed by atoms with Gasteiger partial charge in [0.2, 0.25) is 5.91 Å². The number of nitrogens with two attached hydrogens (primary N) is 1. The normalized spacial score (nSPS) is 14.4. The molecule has 0 heterocycles. The topological polar surface area (TPSA) is 64.4 Å². The molecule has 21 heavy (non-hydrogen) atoms. The van der Waals surface area contributed by atoms with Crippen molar-refractivity contribution in [3.63, 3.8) is 0 Å². The van der Waals surface area contributed by atoms with Gasteiger partial charge in [-0.05, 0) is 30.2 Å². The zero-order chi connectivity index (χ0) is 16.0. The number of nitrogens with one attached hydrogen (secondary N) is 1. The maximum atomic E-state index is 12.0. The van der Waals surface area contributed by atoms with Crippen molar-refractivity contribution in [3.05, 3.63) is 24.3 Å². The van der Waals surface area contributed by atoms with E-state index in [9.17, 15) is 18.0 Å². The summed E-state index contributed by atoms with van der Waals surface area (Å²) in [5.41, 5.74) is 6.24. The second kappa shape index (κ2) is 7.31. The predicted octanol–water partition coefficient (Wildman–Crippen LogP) is 2.94.